The summed E-state index contributed by atoms with van der Waals surface area (Å²) in [5.41, 5.74) is 5.21. The molecule has 3 nitrogen and oxygen atoms in total. The van der Waals surface area contributed by atoms with E-state index in [2.05, 4.69) is 41.3 Å². The van der Waals surface area contributed by atoms with E-state index in [-0.39, 0.29) is 12.1 Å². The molecule has 0 aromatic heterocycles. The van der Waals surface area contributed by atoms with Crippen LogP contribution in [0, 0.1) is 0 Å². The minimum Gasteiger partial charge on any atom is -0.350 e. The van der Waals surface area contributed by atoms with Gasteiger partial charge in [-0.1, -0.05) is 66.7 Å². The number of carbonyl (C=O) groups is 1. The number of hydrogen-bond acceptors (Lipinski definition) is 2. The maximum absolute atomic E-state index is 12.7. The van der Waals surface area contributed by atoms with Gasteiger partial charge in [0.1, 0.15) is 6.17 Å². The molecule has 0 aliphatic carbocycles. The van der Waals surface area contributed by atoms with E-state index in [1.807, 2.05) is 56.6 Å². The van der Waals surface area contributed by atoms with E-state index >= 15 is 0 Å². The quantitative estimate of drug-likeness (QED) is 0.688. The minimum absolute atomic E-state index is 0.0610. The topological polar surface area (TPSA) is 23.6 Å². The Labute approximate surface area is 148 Å². The van der Waals surface area contributed by atoms with E-state index < -0.39 is 0 Å². The average Bonchev–Trinajstić information content (AvgIpc) is 2.68. The number of anilines is 1. The second kappa shape index (κ2) is 6.10. The van der Waals surface area contributed by atoms with Crippen molar-refractivity contribution < 1.29 is 4.79 Å². The molecule has 124 valence electrons. The van der Waals surface area contributed by atoms with Crippen LogP contribution in [-0.2, 0) is 0 Å². The largest absolute Gasteiger partial charge is 0.350 e. The Balaban J connectivity index is 1.71. The van der Waals surface area contributed by atoms with Gasteiger partial charge in [0.05, 0.1) is 11.3 Å². The Morgan fingerprint density at radius 3 is 2.00 bits per heavy atom. The minimum atomic E-state index is -0.104. The molecule has 0 bridgehead atoms. The molecule has 0 fully saturated rings. The number of benzene rings is 3. The molecular weight excluding hydrogens is 308 g/mol. The first-order valence-electron chi connectivity index (χ1n) is 8.41. The van der Waals surface area contributed by atoms with E-state index in [4.69, 9.17) is 0 Å². The molecule has 1 heterocycles. The third kappa shape index (κ3) is 2.58. The Morgan fingerprint density at radius 1 is 0.680 bits per heavy atom. The summed E-state index contributed by atoms with van der Waals surface area (Å²) in [6.07, 6.45) is -0.104. The first kappa shape index (κ1) is 15.5. The number of nitrogens with zero attached hydrogens (tertiary/aromatic N) is 2. The summed E-state index contributed by atoms with van der Waals surface area (Å²) in [7, 11) is 3.90. The molecule has 0 saturated carbocycles. The highest BCUT2D eigenvalue weighted by molar-refractivity contribution is 6.01. The first-order chi connectivity index (χ1) is 12.2. The lowest BCUT2D eigenvalue weighted by atomic mass is 9.99. The monoisotopic (exact) mass is 328 g/mol. The van der Waals surface area contributed by atoms with Gasteiger partial charge >= 0.3 is 0 Å². The predicted octanol–water partition coefficient (Wildman–Crippen LogP) is 4.57. The number of para-hydroxylation sites is 1. The number of hydrogen-bond donors (Lipinski definition) is 0. The molecule has 1 unspecified atom stereocenters. The van der Waals surface area contributed by atoms with Gasteiger partial charge < -0.3 is 9.80 Å². The first-order valence-corrected chi connectivity index (χ1v) is 8.41. The van der Waals surface area contributed by atoms with Gasteiger partial charge in [0.2, 0.25) is 0 Å². The number of carbonyl (C=O) groups excluding carboxylic acids is 1. The molecule has 1 atom stereocenters. The van der Waals surface area contributed by atoms with Gasteiger partial charge in [-0.25, -0.2) is 0 Å². The van der Waals surface area contributed by atoms with Crippen LogP contribution in [-0.4, -0.2) is 24.9 Å². The van der Waals surface area contributed by atoms with Gasteiger partial charge in [0.15, 0.2) is 0 Å². The fourth-order valence-electron chi connectivity index (χ4n) is 3.58. The third-order valence-electron chi connectivity index (χ3n) is 4.88. The molecule has 0 spiro atoms. The van der Waals surface area contributed by atoms with E-state index in [1.54, 1.807) is 4.90 Å². The van der Waals surface area contributed by atoms with Crippen LogP contribution in [0.3, 0.4) is 0 Å². The van der Waals surface area contributed by atoms with Crippen molar-refractivity contribution in [2.75, 3.05) is 19.0 Å². The van der Waals surface area contributed by atoms with Crippen LogP contribution < -0.4 is 4.90 Å². The van der Waals surface area contributed by atoms with Crippen molar-refractivity contribution >= 4 is 11.6 Å². The van der Waals surface area contributed by atoms with Crippen LogP contribution in [0.1, 0.15) is 22.1 Å². The predicted molar refractivity (Wildman–Crippen MR) is 102 cm³/mol. The number of rotatable bonds is 2. The molecule has 0 N–H and O–H groups in total. The zero-order chi connectivity index (χ0) is 17.4. The van der Waals surface area contributed by atoms with Gasteiger partial charge in [-0.15, -0.1) is 0 Å². The van der Waals surface area contributed by atoms with Gasteiger partial charge in [-0.05, 0) is 28.8 Å². The van der Waals surface area contributed by atoms with E-state index in [0.29, 0.717) is 0 Å². The van der Waals surface area contributed by atoms with Gasteiger partial charge in [0, 0.05) is 14.1 Å². The Kier molecular flexibility index (Phi) is 3.77. The second-order valence-electron chi connectivity index (χ2n) is 6.41. The van der Waals surface area contributed by atoms with Gasteiger partial charge in [-0.2, -0.15) is 0 Å². The Hall–Kier alpha value is -3.07. The van der Waals surface area contributed by atoms with Gasteiger partial charge in [0.25, 0.3) is 5.91 Å². The maximum atomic E-state index is 12.7. The molecule has 3 aromatic rings. The van der Waals surface area contributed by atoms with Crippen molar-refractivity contribution in [3.63, 3.8) is 0 Å². The van der Waals surface area contributed by atoms with E-state index in [9.17, 15) is 4.79 Å². The van der Waals surface area contributed by atoms with Gasteiger partial charge in [-0.3, -0.25) is 4.79 Å². The zero-order valence-electron chi connectivity index (χ0n) is 14.4. The number of fused-ring (bicyclic) bond motifs is 1. The molecular formula is C22H20N2O. The lowest BCUT2D eigenvalue weighted by Crippen LogP contribution is -2.45. The fourth-order valence-corrected chi connectivity index (χ4v) is 3.58. The van der Waals surface area contributed by atoms with E-state index in [0.717, 1.165) is 16.8 Å². The highest BCUT2D eigenvalue weighted by Crippen LogP contribution is 2.37. The molecule has 3 heteroatoms. The van der Waals surface area contributed by atoms with Crippen molar-refractivity contribution in [1.29, 1.82) is 0 Å². The molecule has 1 aliphatic rings. The molecule has 0 saturated heterocycles. The summed E-state index contributed by atoms with van der Waals surface area (Å²) in [5, 5.41) is 0. The summed E-state index contributed by atoms with van der Waals surface area (Å²) >= 11 is 0. The summed E-state index contributed by atoms with van der Waals surface area (Å²) in [4.78, 5) is 16.7. The van der Waals surface area contributed by atoms with Crippen LogP contribution in [0.4, 0.5) is 5.69 Å². The fraction of sp³-hybridized carbons (Fsp3) is 0.136. The molecule has 1 aliphatic heterocycles. The summed E-state index contributed by atoms with van der Waals surface area (Å²) in [6.45, 7) is 0. The summed E-state index contributed by atoms with van der Waals surface area (Å²) in [5.74, 6) is 0.0610. The van der Waals surface area contributed by atoms with Crippen LogP contribution in [0.25, 0.3) is 11.1 Å². The Morgan fingerprint density at radius 2 is 1.28 bits per heavy atom. The molecule has 25 heavy (non-hydrogen) atoms. The summed E-state index contributed by atoms with van der Waals surface area (Å²) < 4.78 is 0. The van der Waals surface area contributed by atoms with Crippen LogP contribution in [0.2, 0.25) is 0 Å². The Bertz CT molecular complexity index is 903. The molecule has 1 amide bonds. The molecule has 4 rings (SSSR count). The standard InChI is InChI=1S/C22H20N2O/c1-23-20-11-7-6-10-19(20)22(25)24(2)21(23)18-14-12-17(13-15-18)16-8-4-3-5-9-16/h3-15,21H,1-2H3. The van der Waals surface area contributed by atoms with Crippen molar-refractivity contribution in [3.05, 3.63) is 90.0 Å². The highest BCUT2D eigenvalue weighted by atomic mass is 16.2. The molecule has 0 radical (unpaired) electrons. The van der Waals surface area contributed by atoms with Crippen molar-refractivity contribution in [2.24, 2.45) is 0 Å². The second-order valence-corrected chi connectivity index (χ2v) is 6.41. The summed E-state index contributed by atoms with van der Waals surface area (Å²) in [6, 6.07) is 26.6. The number of amides is 1. The zero-order valence-corrected chi connectivity index (χ0v) is 14.4. The smallest absolute Gasteiger partial charge is 0.257 e. The maximum Gasteiger partial charge on any atom is 0.257 e. The van der Waals surface area contributed by atoms with Crippen molar-refractivity contribution in [2.45, 2.75) is 6.17 Å². The van der Waals surface area contributed by atoms with Crippen LogP contribution >= 0.6 is 0 Å². The highest BCUT2D eigenvalue weighted by Gasteiger charge is 2.34. The van der Waals surface area contributed by atoms with Crippen LogP contribution in [0.15, 0.2) is 78.9 Å². The lowest BCUT2D eigenvalue weighted by molar-refractivity contribution is 0.0711. The molecule has 3 aromatic carbocycles. The lowest BCUT2D eigenvalue weighted by Gasteiger charge is -2.42. The van der Waals surface area contributed by atoms with Crippen molar-refractivity contribution in [1.82, 2.24) is 4.90 Å². The third-order valence-corrected chi connectivity index (χ3v) is 4.88. The van der Waals surface area contributed by atoms with E-state index in [1.165, 1.54) is 11.1 Å². The SMILES string of the molecule is CN1C(=O)c2ccccc2N(C)C1c1ccc(-c2ccccc2)cc1. The average molecular weight is 328 g/mol. The normalized spacial score (nSPS) is 16.7. The van der Waals surface area contributed by atoms with Crippen LogP contribution in [0.5, 0.6) is 0 Å². The van der Waals surface area contributed by atoms with Crippen molar-refractivity contribution in [3.8, 4) is 11.1 Å².